The van der Waals surface area contributed by atoms with Crippen molar-refractivity contribution < 1.29 is 19.1 Å². The summed E-state index contributed by atoms with van der Waals surface area (Å²) < 4.78 is 5.47. The molecule has 1 atom stereocenters. The van der Waals surface area contributed by atoms with Crippen molar-refractivity contribution >= 4 is 40.0 Å². The fraction of sp³-hybridized carbons (Fsp3) is 0.269. The van der Waals surface area contributed by atoms with Crippen molar-refractivity contribution in [1.82, 2.24) is 24.8 Å². The van der Waals surface area contributed by atoms with Gasteiger partial charge in [-0.3, -0.25) is 19.4 Å². The number of aromatic amines is 1. The summed E-state index contributed by atoms with van der Waals surface area (Å²) in [6.07, 6.45) is 4.87. The molecule has 184 valence electrons. The maximum atomic E-state index is 13.3. The topological polar surface area (TPSA) is 108 Å². The average molecular weight is 504 g/mol. The van der Waals surface area contributed by atoms with Crippen LogP contribution in [0.25, 0.3) is 21.5 Å². The second-order valence-corrected chi connectivity index (χ2v) is 9.49. The maximum absolute atomic E-state index is 13.3. The number of nitrogens with zero attached hydrogens (tertiary/aromatic N) is 4. The lowest BCUT2D eigenvalue weighted by Gasteiger charge is -2.39. The second-order valence-electron chi connectivity index (χ2n) is 8.50. The molecule has 9 nitrogen and oxygen atoms in total. The third-order valence-electron chi connectivity index (χ3n) is 6.22. The van der Waals surface area contributed by atoms with Crippen LogP contribution >= 0.6 is 11.3 Å². The number of nitrogens with one attached hydrogen (secondary N) is 1. The van der Waals surface area contributed by atoms with E-state index in [1.165, 1.54) is 22.4 Å². The van der Waals surface area contributed by atoms with Crippen molar-refractivity contribution in [3.63, 3.8) is 0 Å². The van der Waals surface area contributed by atoms with Crippen LogP contribution in [0, 0.1) is 0 Å². The van der Waals surface area contributed by atoms with Crippen LogP contribution in [0.3, 0.4) is 0 Å². The van der Waals surface area contributed by atoms with Gasteiger partial charge in [-0.1, -0.05) is 29.5 Å². The Labute approximate surface area is 211 Å². The zero-order valence-corrected chi connectivity index (χ0v) is 20.7. The Morgan fingerprint density at radius 1 is 1.14 bits per heavy atom. The predicted molar refractivity (Wildman–Crippen MR) is 136 cm³/mol. The zero-order chi connectivity index (χ0) is 25.2. The predicted octanol–water partition coefficient (Wildman–Crippen LogP) is 3.64. The molecule has 0 bridgehead atoms. The van der Waals surface area contributed by atoms with Crippen molar-refractivity contribution in [2.45, 2.75) is 19.9 Å². The van der Waals surface area contributed by atoms with Crippen LogP contribution < -0.4 is 4.74 Å². The molecule has 5 rings (SSSR count). The van der Waals surface area contributed by atoms with E-state index < -0.39 is 11.7 Å². The third kappa shape index (κ3) is 4.35. The highest BCUT2D eigenvalue weighted by Gasteiger charge is 2.34. The van der Waals surface area contributed by atoms with Gasteiger partial charge in [0.2, 0.25) is 0 Å². The van der Waals surface area contributed by atoms with Crippen LogP contribution in [-0.4, -0.2) is 74.6 Å². The minimum Gasteiger partial charge on any atom is -0.470 e. The number of fused-ring (bicyclic) bond motifs is 1. The van der Waals surface area contributed by atoms with Crippen molar-refractivity contribution in [2.24, 2.45) is 0 Å². The molecule has 1 saturated heterocycles. The standard InChI is InChI=1S/C26H25N5O4S/c1-3-35-26-29-14-20(36-26)18-9-10-27-22-19(13-28-21(18)22)23(32)25(34)31-12-11-30(15-16(31)2)24(33)17-7-5-4-6-8-17/h4-10,13-14,16,28H,3,11-12,15H2,1-2H3/t16-/m1/s1. The van der Waals surface area contributed by atoms with E-state index >= 15 is 0 Å². The van der Waals surface area contributed by atoms with Gasteiger partial charge in [0.05, 0.1) is 28.1 Å². The summed E-state index contributed by atoms with van der Waals surface area (Å²) in [5.41, 5.74) is 2.75. The van der Waals surface area contributed by atoms with E-state index in [2.05, 4.69) is 15.0 Å². The molecule has 36 heavy (non-hydrogen) atoms. The smallest absolute Gasteiger partial charge is 0.295 e. The van der Waals surface area contributed by atoms with E-state index in [0.29, 0.717) is 41.5 Å². The number of amides is 2. The molecular weight excluding hydrogens is 478 g/mol. The fourth-order valence-corrected chi connectivity index (χ4v) is 5.28. The van der Waals surface area contributed by atoms with Crippen molar-refractivity contribution in [3.05, 3.63) is 66.1 Å². The Bertz CT molecular complexity index is 1430. The number of hydrogen-bond donors (Lipinski definition) is 1. The van der Waals surface area contributed by atoms with E-state index in [9.17, 15) is 14.4 Å². The molecule has 1 aliphatic heterocycles. The average Bonchev–Trinajstić information content (AvgIpc) is 3.55. The molecule has 1 aliphatic rings. The quantitative estimate of drug-likeness (QED) is 0.318. The van der Waals surface area contributed by atoms with Gasteiger partial charge in [0, 0.05) is 55.4 Å². The van der Waals surface area contributed by atoms with Crippen LogP contribution in [0.15, 0.2) is 55.0 Å². The van der Waals surface area contributed by atoms with E-state index in [1.807, 2.05) is 38.1 Å². The van der Waals surface area contributed by atoms with E-state index in [-0.39, 0.29) is 24.1 Å². The van der Waals surface area contributed by atoms with Gasteiger partial charge in [0.15, 0.2) is 0 Å². The lowest BCUT2D eigenvalue weighted by Crippen LogP contribution is -2.56. The summed E-state index contributed by atoms with van der Waals surface area (Å²) in [5, 5.41) is 0.564. The Hall–Kier alpha value is -4.05. The first-order valence-corrected chi connectivity index (χ1v) is 12.5. The van der Waals surface area contributed by atoms with Crippen LogP contribution in [-0.2, 0) is 4.79 Å². The minimum absolute atomic E-state index is 0.0789. The zero-order valence-electron chi connectivity index (χ0n) is 19.9. The molecule has 3 aromatic heterocycles. The number of benzene rings is 1. The normalized spacial score (nSPS) is 15.8. The number of ketones is 1. The van der Waals surface area contributed by atoms with Crippen LogP contribution in [0.5, 0.6) is 5.19 Å². The number of thiazole rings is 1. The number of Topliss-reactive ketones (excluding diaryl/α,β-unsaturated/α-hetero) is 1. The van der Waals surface area contributed by atoms with Crippen molar-refractivity contribution in [1.29, 1.82) is 0 Å². The van der Waals surface area contributed by atoms with Gasteiger partial charge in [-0.2, -0.15) is 0 Å². The van der Waals surface area contributed by atoms with Crippen molar-refractivity contribution in [2.75, 3.05) is 26.2 Å². The Morgan fingerprint density at radius 3 is 2.69 bits per heavy atom. The summed E-state index contributed by atoms with van der Waals surface area (Å²) in [7, 11) is 0. The van der Waals surface area contributed by atoms with E-state index in [1.54, 1.807) is 29.4 Å². The highest BCUT2D eigenvalue weighted by molar-refractivity contribution is 7.16. The monoisotopic (exact) mass is 503 g/mol. The van der Waals surface area contributed by atoms with Gasteiger partial charge < -0.3 is 19.5 Å². The summed E-state index contributed by atoms with van der Waals surface area (Å²) in [5.74, 6) is -1.30. The number of carbonyl (C=O) groups excluding carboxylic acids is 3. The first-order chi connectivity index (χ1) is 17.5. The van der Waals surface area contributed by atoms with Gasteiger partial charge in [-0.15, -0.1) is 0 Å². The Kier molecular flexibility index (Phi) is 6.51. The number of pyridine rings is 1. The number of hydrogen-bond acceptors (Lipinski definition) is 7. The second kappa shape index (κ2) is 9.90. The molecule has 4 aromatic rings. The number of carbonyl (C=O) groups is 3. The van der Waals surface area contributed by atoms with E-state index in [0.717, 1.165) is 10.4 Å². The minimum atomic E-state index is -0.625. The number of piperazine rings is 1. The summed E-state index contributed by atoms with van der Waals surface area (Å²) in [4.78, 5) is 55.2. The van der Waals surface area contributed by atoms with Gasteiger partial charge >= 0.3 is 0 Å². The lowest BCUT2D eigenvalue weighted by atomic mass is 10.1. The third-order valence-corrected chi connectivity index (χ3v) is 7.16. The number of ether oxygens (including phenoxy) is 1. The highest BCUT2D eigenvalue weighted by Crippen LogP contribution is 2.35. The van der Waals surface area contributed by atoms with Crippen LogP contribution in [0.4, 0.5) is 0 Å². The van der Waals surface area contributed by atoms with E-state index in [4.69, 9.17) is 4.74 Å². The lowest BCUT2D eigenvalue weighted by molar-refractivity contribution is -0.130. The van der Waals surface area contributed by atoms with Gasteiger partial charge in [0.1, 0.15) is 0 Å². The molecule has 2 amide bonds. The Morgan fingerprint density at radius 2 is 1.94 bits per heavy atom. The SMILES string of the molecule is CCOc1ncc(-c2ccnc3c(C(=O)C(=O)N4CCN(C(=O)c5ccccc5)C[C@H]4C)c[nH]c23)s1. The summed E-state index contributed by atoms with van der Waals surface area (Å²) in [6, 6.07) is 10.6. The molecule has 1 fully saturated rings. The molecule has 0 unspecified atom stereocenters. The molecule has 0 aliphatic carbocycles. The fourth-order valence-electron chi connectivity index (χ4n) is 4.43. The van der Waals surface area contributed by atoms with Crippen LogP contribution in [0.2, 0.25) is 0 Å². The number of rotatable bonds is 6. The maximum Gasteiger partial charge on any atom is 0.295 e. The van der Waals surface area contributed by atoms with Gasteiger partial charge in [0.25, 0.3) is 22.8 Å². The largest absolute Gasteiger partial charge is 0.470 e. The van der Waals surface area contributed by atoms with Gasteiger partial charge in [-0.05, 0) is 32.0 Å². The first kappa shape index (κ1) is 23.7. The number of aromatic nitrogens is 3. The molecule has 1 aromatic carbocycles. The molecule has 0 spiro atoms. The molecule has 10 heteroatoms. The summed E-state index contributed by atoms with van der Waals surface area (Å²) >= 11 is 1.40. The summed E-state index contributed by atoms with van der Waals surface area (Å²) in [6.45, 7) is 5.27. The molecule has 1 N–H and O–H groups in total. The molecule has 4 heterocycles. The van der Waals surface area contributed by atoms with Gasteiger partial charge in [-0.25, -0.2) is 4.98 Å². The first-order valence-electron chi connectivity index (χ1n) is 11.7. The number of H-pyrrole nitrogens is 1. The molecule has 0 saturated carbocycles. The molecule has 0 radical (unpaired) electrons. The van der Waals surface area contributed by atoms with Crippen LogP contribution in [0.1, 0.15) is 34.6 Å². The Balaban J connectivity index is 1.34. The van der Waals surface area contributed by atoms with Crippen molar-refractivity contribution in [3.8, 4) is 15.6 Å². The molecular formula is C26H25N5O4S. The highest BCUT2D eigenvalue weighted by atomic mass is 32.1.